The van der Waals surface area contributed by atoms with Crippen LogP contribution in [0.2, 0.25) is 0 Å². The number of hydrogen-bond acceptors (Lipinski definition) is 3. The van der Waals surface area contributed by atoms with Crippen LogP contribution in [-0.4, -0.2) is 18.2 Å². The minimum atomic E-state index is -1.18. The number of nitrogens with zero attached hydrogens (tertiary/aromatic N) is 1. The van der Waals surface area contributed by atoms with Crippen molar-refractivity contribution in [3.8, 4) is 11.8 Å². The van der Waals surface area contributed by atoms with Crippen molar-refractivity contribution < 1.29 is 19.0 Å². The number of ether oxygens (including phenoxy) is 1. The van der Waals surface area contributed by atoms with Crippen molar-refractivity contribution in [2.45, 2.75) is 6.42 Å². The van der Waals surface area contributed by atoms with E-state index in [0.29, 0.717) is 0 Å². The van der Waals surface area contributed by atoms with E-state index in [2.05, 4.69) is 0 Å². The number of benzene rings is 1. The molecule has 0 heterocycles. The minimum Gasteiger partial charge on any atom is -0.496 e. The van der Waals surface area contributed by atoms with E-state index in [-0.39, 0.29) is 16.9 Å². The average molecular weight is 209 g/mol. The van der Waals surface area contributed by atoms with Gasteiger partial charge in [0.1, 0.15) is 17.6 Å². The standard InChI is InChI=1S/C10H8FNO3/c1-15-8-3-2-6(5-12)10(11)7(8)4-9(13)14/h2-3H,4H2,1H3,(H,13,14). The van der Waals surface area contributed by atoms with Crippen molar-refractivity contribution in [1.29, 1.82) is 5.26 Å². The average Bonchev–Trinajstić information content (AvgIpc) is 2.20. The van der Waals surface area contributed by atoms with Crippen molar-refractivity contribution in [3.63, 3.8) is 0 Å². The molecule has 1 aromatic rings. The van der Waals surface area contributed by atoms with Crippen LogP contribution in [0.15, 0.2) is 12.1 Å². The third-order valence-corrected chi connectivity index (χ3v) is 1.87. The Bertz CT molecular complexity index is 437. The monoisotopic (exact) mass is 209 g/mol. The molecule has 78 valence electrons. The van der Waals surface area contributed by atoms with Gasteiger partial charge in [-0.1, -0.05) is 0 Å². The maximum atomic E-state index is 13.5. The summed E-state index contributed by atoms with van der Waals surface area (Å²) in [5.41, 5.74) is -0.295. The Morgan fingerprint density at radius 1 is 1.67 bits per heavy atom. The van der Waals surface area contributed by atoms with Crippen LogP contribution in [0.25, 0.3) is 0 Å². The lowest BCUT2D eigenvalue weighted by atomic mass is 10.1. The van der Waals surface area contributed by atoms with Crippen molar-refractivity contribution in [3.05, 3.63) is 29.1 Å². The van der Waals surface area contributed by atoms with Gasteiger partial charge in [0.2, 0.25) is 0 Å². The molecule has 0 aliphatic heterocycles. The number of aliphatic carboxylic acids is 1. The fourth-order valence-corrected chi connectivity index (χ4v) is 1.20. The van der Waals surface area contributed by atoms with E-state index < -0.39 is 18.2 Å². The number of methoxy groups -OCH3 is 1. The maximum Gasteiger partial charge on any atom is 0.308 e. The van der Waals surface area contributed by atoms with Gasteiger partial charge in [-0.05, 0) is 12.1 Å². The number of carbonyl (C=O) groups is 1. The molecule has 0 amide bonds. The van der Waals surface area contributed by atoms with Gasteiger partial charge in [0.05, 0.1) is 19.1 Å². The molecule has 0 radical (unpaired) electrons. The molecule has 0 aromatic heterocycles. The molecule has 1 aromatic carbocycles. The summed E-state index contributed by atoms with van der Waals surface area (Å²) in [7, 11) is 1.31. The number of hydrogen-bond donors (Lipinski definition) is 1. The van der Waals surface area contributed by atoms with Gasteiger partial charge in [-0.2, -0.15) is 5.26 Å². The van der Waals surface area contributed by atoms with Crippen LogP contribution in [0.5, 0.6) is 5.75 Å². The van der Waals surface area contributed by atoms with Crippen LogP contribution in [-0.2, 0) is 11.2 Å². The molecular weight excluding hydrogens is 201 g/mol. The fraction of sp³-hybridized carbons (Fsp3) is 0.200. The van der Waals surface area contributed by atoms with Gasteiger partial charge in [-0.15, -0.1) is 0 Å². The highest BCUT2D eigenvalue weighted by molar-refractivity contribution is 5.71. The second-order valence-corrected chi connectivity index (χ2v) is 2.79. The van der Waals surface area contributed by atoms with Crippen LogP contribution in [0.3, 0.4) is 0 Å². The zero-order valence-corrected chi connectivity index (χ0v) is 7.95. The van der Waals surface area contributed by atoms with Gasteiger partial charge in [0, 0.05) is 5.56 Å². The Morgan fingerprint density at radius 3 is 2.80 bits per heavy atom. The highest BCUT2D eigenvalue weighted by Gasteiger charge is 2.16. The van der Waals surface area contributed by atoms with Gasteiger partial charge in [0.25, 0.3) is 0 Å². The summed E-state index contributed by atoms with van der Waals surface area (Å²) in [5.74, 6) is -1.88. The quantitative estimate of drug-likeness (QED) is 0.815. The Balaban J connectivity index is 3.30. The van der Waals surface area contributed by atoms with Crippen LogP contribution < -0.4 is 4.74 Å². The molecule has 0 bridgehead atoms. The molecule has 0 aliphatic rings. The Labute approximate surface area is 85.5 Å². The van der Waals surface area contributed by atoms with Crippen molar-refractivity contribution in [2.24, 2.45) is 0 Å². The number of rotatable bonds is 3. The summed E-state index contributed by atoms with van der Waals surface area (Å²) < 4.78 is 18.3. The normalized spacial score (nSPS) is 9.40. The van der Waals surface area contributed by atoms with Gasteiger partial charge in [-0.3, -0.25) is 4.79 Å². The van der Waals surface area contributed by atoms with E-state index in [9.17, 15) is 9.18 Å². The second kappa shape index (κ2) is 4.42. The third kappa shape index (κ3) is 2.23. The maximum absolute atomic E-state index is 13.5. The molecule has 4 nitrogen and oxygen atoms in total. The first-order chi connectivity index (χ1) is 7.10. The van der Waals surface area contributed by atoms with Crippen molar-refractivity contribution >= 4 is 5.97 Å². The first kappa shape index (κ1) is 11.0. The molecular formula is C10H8FNO3. The van der Waals surface area contributed by atoms with E-state index in [0.717, 1.165) is 0 Å². The first-order valence-electron chi connectivity index (χ1n) is 4.07. The predicted octanol–water partition coefficient (Wildman–Crippen LogP) is 1.33. The molecule has 0 aliphatic carbocycles. The second-order valence-electron chi connectivity index (χ2n) is 2.79. The summed E-state index contributed by atoms with van der Waals surface area (Å²) in [6, 6.07) is 4.26. The molecule has 0 unspecified atom stereocenters. The van der Waals surface area contributed by atoms with Crippen LogP contribution in [0.4, 0.5) is 4.39 Å². The smallest absolute Gasteiger partial charge is 0.308 e. The number of halogens is 1. The topological polar surface area (TPSA) is 70.3 Å². The fourth-order valence-electron chi connectivity index (χ4n) is 1.20. The van der Waals surface area contributed by atoms with E-state index in [4.69, 9.17) is 15.1 Å². The predicted molar refractivity (Wildman–Crippen MR) is 49.0 cm³/mol. The lowest BCUT2D eigenvalue weighted by molar-refractivity contribution is -0.136. The highest BCUT2D eigenvalue weighted by atomic mass is 19.1. The lowest BCUT2D eigenvalue weighted by Gasteiger charge is -2.08. The Morgan fingerprint density at radius 2 is 2.33 bits per heavy atom. The molecule has 0 saturated heterocycles. The summed E-state index contributed by atoms with van der Waals surface area (Å²) in [5, 5.41) is 17.1. The molecule has 1 rings (SSSR count). The minimum absolute atomic E-state index is 0.107. The van der Waals surface area contributed by atoms with E-state index in [1.54, 1.807) is 6.07 Å². The molecule has 0 saturated carbocycles. The molecule has 1 N–H and O–H groups in total. The van der Waals surface area contributed by atoms with Gasteiger partial charge < -0.3 is 9.84 Å². The SMILES string of the molecule is COc1ccc(C#N)c(F)c1CC(=O)O. The number of carboxylic acids is 1. The summed E-state index contributed by atoms with van der Waals surface area (Å²) in [4.78, 5) is 10.5. The lowest BCUT2D eigenvalue weighted by Crippen LogP contribution is -2.06. The highest BCUT2D eigenvalue weighted by Crippen LogP contribution is 2.24. The summed E-state index contributed by atoms with van der Waals surface area (Å²) in [6.45, 7) is 0. The molecule has 0 spiro atoms. The number of nitriles is 1. The Hall–Kier alpha value is -2.09. The number of carboxylic acid groups (broad SMARTS) is 1. The zero-order chi connectivity index (χ0) is 11.4. The van der Waals surface area contributed by atoms with Crippen LogP contribution in [0, 0.1) is 17.1 Å². The molecule has 5 heteroatoms. The van der Waals surface area contributed by atoms with E-state index in [1.165, 1.54) is 19.2 Å². The van der Waals surface area contributed by atoms with E-state index >= 15 is 0 Å². The van der Waals surface area contributed by atoms with E-state index in [1.807, 2.05) is 0 Å². The zero-order valence-electron chi connectivity index (χ0n) is 7.95. The van der Waals surface area contributed by atoms with Gasteiger partial charge >= 0.3 is 5.97 Å². The summed E-state index contributed by atoms with van der Waals surface area (Å²) in [6.07, 6.45) is -0.509. The van der Waals surface area contributed by atoms with Crippen LogP contribution in [0.1, 0.15) is 11.1 Å². The third-order valence-electron chi connectivity index (χ3n) is 1.87. The van der Waals surface area contributed by atoms with Crippen molar-refractivity contribution in [1.82, 2.24) is 0 Å². The molecule has 15 heavy (non-hydrogen) atoms. The molecule has 0 fully saturated rings. The van der Waals surface area contributed by atoms with Gasteiger partial charge in [-0.25, -0.2) is 4.39 Å². The first-order valence-corrected chi connectivity index (χ1v) is 4.07. The van der Waals surface area contributed by atoms with Crippen molar-refractivity contribution in [2.75, 3.05) is 7.11 Å². The Kier molecular flexibility index (Phi) is 3.24. The largest absolute Gasteiger partial charge is 0.496 e. The summed E-state index contributed by atoms with van der Waals surface area (Å²) >= 11 is 0. The van der Waals surface area contributed by atoms with Gasteiger partial charge in [0.15, 0.2) is 0 Å². The molecule has 0 atom stereocenters. The van der Waals surface area contributed by atoms with Crippen LogP contribution >= 0.6 is 0 Å².